The Labute approximate surface area is 237 Å². The molecule has 3 aromatic carbocycles. The summed E-state index contributed by atoms with van der Waals surface area (Å²) in [4.78, 5) is 42.1. The zero-order valence-electron chi connectivity index (χ0n) is 21.5. The quantitative estimate of drug-likeness (QED) is 0.0912. The first-order chi connectivity index (χ1) is 19.7. The summed E-state index contributed by atoms with van der Waals surface area (Å²) in [6.07, 6.45) is -1.77. The lowest BCUT2D eigenvalue weighted by Gasteiger charge is -2.19. The molecule has 11 N–H and O–H groups in total. The van der Waals surface area contributed by atoms with Crippen molar-refractivity contribution in [2.75, 3.05) is 0 Å². The Morgan fingerprint density at radius 2 is 1.74 bits per heavy atom. The van der Waals surface area contributed by atoms with Crippen LogP contribution in [-0.2, 0) is 30.8 Å². The topological polar surface area (TPSA) is 283 Å². The van der Waals surface area contributed by atoms with Crippen molar-refractivity contribution in [3.63, 3.8) is 0 Å². The third kappa shape index (κ3) is 5.98. The molecule has 15 nitrogen and oxygen atoms in total. The number of imidazole rings is 1. The summed E-state index contributed by atoms with van der Waals surface area (Å²) in [6, 6.07) is 9.34. The lowest BCUT2D eigenvalue weighted by molar-refractivity contribution is -0.147. The minimum Gasteiger partial charge on any atom is -0.507 e. The molecule has 0 aliphatic rings. The number of aliphatic carboxylic acids is 2. The van der Waals surface area contributed by atoms with Crippen LogP contribution in [0.25, 0.3) is 33.5 Å². The highest BCUT2D eigenvalue weighted by molar-refractivity contribution is 7.89. The van der Waals surface area contributed by atoms with Gasteiger partial charge in [0.1, 0.15) is 29.2 Å². The van der Waals surface area contributed by atoms with Gasteiger partial charge in [-0.15, -0.1) is 0 Å². The molecule has 218 valence electrons. The number of fused-ring (bicyclic) bond motifs is 1. The van der Waals surface area contributed by atoms with Gasteiger partial charge < -0.3 is 36.5 Å². The number of sulfonamides is 1. The zero-order valence-corrected chi connectivity index (χ0v) is 22.3. The van der Waals surface area contributed by atoms with Gasteiger partial charge in [-0.25, -0.2) is 23.3 Å². The van der Waals surface area contributed by atoms with E-state index < -0.39 is 68.7 Å². The lowest BCUT2D eigenvalue weighted by atomic mass is 9.95. The van der Waals surface area contributed by atoms with E-state index in [1.54, 1.807) is 12.1 Å². The number of amides is 1. The molecule has 0 aliphatic carbocycles. The number of aromatic nitrogens is 2. The number of nitrogens with zero attached hydrogens (tertiary/aromatic N) is 1. The first-order valence-corrected chi connectivity index (χ1v) is 13.5. The van der Waals surface area contributed by atoms with E-state index in [4.69, 9.17) is 21.4 Å². The number of aromatic amines is 1. The SMILES string of the molecule is N=C(N)c1ccc2[nH]c(-c3cc(CC(=O)N[C@H](CC(=O)O)C(=O)O)c(S(N)(=O)=O)c(-c4ccccc4O)c3O)nc2c1. The first-order valence-electron chi connectivity index (χ1n) is 12.0. The number of para-hydroxylation sites is 1. The highest BCUT2D eigenvalue weighted by Gasteiger charge is 2.31. The highest BCUT2D eigenvalue weighted by Crippen LogP contribution is 2.46. The van der Waals surface area contributed by atoms with Crippen LogP contribution in [0, 0.1) is 5.41 Å². The fourth-order valence-corrected chi connectivity index (χ4v) is 5.36. The average molecular weight is 597 g/mol. The number of carbonyl (C=O) groups is 3. The molecule has 1 atom stereocenters. The number of rotatable bonds is 10. The molecule has 0 spiro atoms. The second-order valence-electron chi connectivity index (χ2n) is 9.16. The summed E-state index contributed by atoms with van der Waals surface area (Å²) < 4.78 is 25.8. The van der Waals surface area contributed by atoms with Crippen LogP contribution in [0.3, 0.4) is 0 Å². The number of benzene rings is 3. The van der Waals surface area contributed by atoms with Gasteiger partial charge in [0.25, 0.3) is 0 Å². The Bertz CT molecular complexity index is 1880. The second-order valence-corrected chi connectivity index (χ2v) is 10.7. The summed E-state index contributed by atoms with van der Waals surface area (Å²) in [5.41, 5.74) is 5.64. The molecule has 0 bridgehead atoms. The molecular weight excluding hydrogens is 572 g/mol. The van der Waals surface area contributed by atoms with E-state index in [9.17, 15) is 38.1 Å². The number of aromatic hydroxyl groups is 2. The van der Waals surface area contributed by atoms with Crippen LogP contribution in [-0.4, -0.2) is 68.5 Å². The molecule has 0 saturated carbocycles. The summed E-state index contributed by atoms with van der Waals surface area (Å²) in [5.74, 6) is -5.54. The van der Waals surface area contributed by atoms with E-state index in [0.29, 0.717) is 16.6 Å². The minimum atomic E-state index is -4.73. The van der Waals surface area contributed by atoms with Crippen molar-refractivity contribution in [2.45, 2.75) is 23.8 Å². The number of H-pyrrole nitrogens is 1. The van der Waals surface area contributed by atoms with Gasteiger partial charge in [-0.2, -0.15) is 0 Å². The maximum Gasteiger partial charge on any atom is 0.326 e. The van der Waals surface area contributed by atoms with Crippen molar-refractivity contribution >= 4 is 44.7 Å². The molecule has 0 aliphatic heterocycles. The number of carboxylic acid groups (broad SMARTS) is 2. The number of nitrogen functional groups attached to an aromatic ring is 1. The van der Waals surface area contributed by atoms with Crippen molar-refractivity contribution in [1.29, 1.82) is 5.41 Å². The van der Waals surface area contributed by atoms with Crippen LogP contribution < -0.4 is 16.2 Å². The van der Waals surface area contributed by atoms with Crippen molar-refractivity contribution in [2.24, 2.45) is 10.9 Å². The van der Waals surface area contributed by atoms with E-state index in [1.165, 1.54) is 30.3 Å². The number of carboxylic acids is 2. The van der Waals surface area contributed by atoms with E-state index in [1.807, 2.05) is 5.32 Å². The molecule has 16 heteroatoms. The van der Waals surface area contributed by atoms with Crippen LogP contribution in [0.15, 0.2) is 53.4 Å². The molecule has 0 radical (unpaired) electrons. The Hall–Kier alpha value is -5.48. The van der Waals surface area contributed by atoms with Crippen LogP contribution in [0.4, 0.5) is 0 Å². The second kappa shape index (κ2) is 11.2. The number of phenolic OH excluding ortho intramolecular Hbond substituents is 2. The van der Waals surface area contributed by atoms with Crippen LogP contribution >= 0.6 is 0 Å². The summed E-state index contributed by atoms with van der Waals surface area (Å²) in [6.45, 7) is 0. The number of nitrogens with one attached hydrogen (secondary N) is 3. The minimum absolute atomic E-state index is 0.00297. The number of nitrogens with two attached hydrogens (primary N) is 2. The molecule has 4 rings (SSSR count). The Morgan fingerprint density at radius 1 is 1.05 bits per heavy atom. The molecule has 0 saturated heterocycles. The molecule has 1 amide bonds. The van der Waals surface area contributed by atoms with Gasteiger partial charge in [-0.3, -0.25) is 15.0 Å². The fourth-order valence-electron chi connectivity index (χ4n) is 4.38. The van der Waals surface area contributed by atoms with Gasteiger partial charge >= 0.3 is 11.9 Å². The van der Waals surface area contributed by atoms with Gasteiger partial charge in [0, 0.05) is 16.7 Å². The number of primary sulfonamides is 1. The third-order valence-corrected chi connectivity index (χ3v) is 7.23. The van der Waals surface area contributed by atoms with Crippen molar-refractivity contribution in [3.8, 4) is 34.0 Å². The standard InChI is InChI=1S/C26H24N6O9S/c27-24(28)11-5-6-15-16(8-11)32-25(31-15)14-7-12(9-19(34)30-17(26(38)39)10-20(35)36)23(42(29,40)41)21(22(14)37)13-3-1-2-4-18(13)33/h1-8,17,33,37H,9-10H2,(H3,27,28)(H,30,34)(H,31,32)(H,35,36)(H,38,39)(H2,29,40,41)/t17-/m1/s1. The highest BCUT2D eigenvalue weighted by atomic mass is 32.2. The molecule has 4 aromatic rings. The molecule has 0 fully saturated rings. The first kappa shape index (κ1) is 29.5. The molecule has 1 aromatic heterocycles. The van der Waals surface area contributed by atoms with Gasteiger partial charge in [0.05, 0.1) is 34.3 Å². The van der Waals surface area contributed by atoms with E-state index >= 15 is 0 Å². The van der Waals surface area contributed by atoms with Crippen LogP contribution in [0.1, 0.15) is 17.5 Å². The van der Waals surface area contributed by atoms with Crippen LogP contribution in [0.5, 0.6) is 11.5 Å². The van der Waals surface area contributed by atoms with Gasteiger partial charge in [-0.1, -0.05) is 18.2 Å². The van der Waals surface area contributed by atoms with Crippen molar-refractivity contribution < 1.29 is 43.2 Å². The lowest BCUT2D eigenvalue weighted by Crippen LogP contribution is -2.43. The summed E-state index contributed by atoms with van der Waals surface area (Å²) in [5, 5.41) is 55.5. The normalized spacial score (nSPS) is 12.1. The van der Waals surface area contributed by atoms with E-state index in [2.05, 4.69) is 9.97 Å². The Morgan fingerprint density at radius 3 is 2.33 bits per heavy atom. The maximum absolute atomic E-state index is 12.9. The molecular formula is C26H24N6O9S. The predicted octanol–water partition coefficient (Wildman–Crippen LogP) is 0.826. The van der Waals surface area contributed by atoms with E-state index in [-0.39, 0.29) is 28.4 Å². The Balaban J connectivity index is 1.97. The predicted molar refractivity (Wildman–Crippen MR) is 148 cm³/mol. The van der Waals surface area contributed by atoms with Gasteiger partial charge in [-0.05, 0) is 35.9 Å². The fraction of sp³-hybridized carbons (Fsp3) is 0.115. The van der Waals surface area contributed by atoms with Crippen molar-refractivity contribution in [1.82, 2.24) is 15.3 Å². The van der Waals surface area contributed by atoms with Gasteiger partial charge in [0.2, 0.25) is 15.9 Å². The monoisotopic (exact) mass is 596 g/mol. The van der Waals surface area contributed by atoms with E-state index in [0.717, 1.165) is 6.07 Å². The number of hydrogen-bond donors (Lipinski definition) is 9. The number of amidine groups is 1. The zero-order chi connectivity index (χ0) is 30.9. The number of hydrogen-bond acceptors (Lipinski definition) is 9. The largest absolute Gasteiger partial charge is 0.507 e. The summed E-state index contributed by atoms with van der Waals surface area (Å²) >= 11 is 0. The summed E-state index contributed by atoms with van der Waals surface area (Å²) in [7, 11) is -4.73. The number of phenols is 2. The van der Waals surface area contributed by atoms with Crippen molar-refractivity contribution in [3.05, 3.63) is 59.7 Å². The average Bonchev–Trinajstić information content (AvgIpc) is 3.31. The number of carbonyl (C=O) groups excluding carboxylic acids is 1. The maximum atomic E-state index is 12.9. The molecule has 1 heterocycles. The van der Waals surface area contributed by atoms with Gasteiger partial charge in [0.15, 0.2) is 0 Å². The molecule has 0 unspecified atom stereocenters. The molecule has 42 heavy (non-hydrogen) atoms. The smallest absolute Gasteiger partial charge is 0.326 e. The van der Waals surface area contributed by atoms with Crippen LogP contribution in [0.2, 0.25) is 0 Å². The Kier molecular flexibility index (Phi) is 7.86. The third-order valence-electron chi connectivity index (χ3n) is 6.20.